The Bertz CT molecular complexity index is 473. The highest BCUT2D eigenvalue weighted by molar-refractivity contribution is 5.95. The number of rotatable bonds is 4. The van der Waals surface area contributed by atoms with Crippen molar-refractivity contribution in [2.75, 3.05) is 31.9 Å². The maximum atomic E-state index is 13.4. The molecule has 6 heteroatoms. The van der Waals surface area contributed by atoms with E-state index in [0.717, 1.165) is 25.7 Å². The fourth-order valence-electron chi connectivity index (χ4n) is 2.17. The number of benzene rings is 1. The number of nitrogens with two attached hydrogens (primary N) is 1. The van der Waals surface area contributed by atoms with Gasteiger partial charge in [-0.25, -0.2) is 8.78 Å². The van der Waals surface area contributed by atoms with Crippen LogP contribution in [-0.2, 0) is 0 Å². The zero-order valence-electron chi connectivity index (χ0n) is 10.6. The molecule has 0 saturated carbocycles. The van der Waals surface area contributed by atoms with Crippen LogP contribution in [0.3, 0.4) is 0 Å². The van der Waals surface area contributed by atoms with E-state index < -0.39 is 17.5 Å². The van der Waals surface area contributed by atoms with Crippen molar-refractivity contribution in [3.05, 3.63) is 29.3 Å². The van der Waals surface area contributed by atoms with E-state index >= 15 is 0 Å². The Morgan fingerprint density at radius 1 is 1.26 bits per heavy atom. The molecule has 0 bridgehead atoms. The first kappa shape index (κ1) is 13.7. The first-order valence-corrected chi connectivity index (χ1v) is 6.33. The van der Waals surface area contributed by atoms with Gasteiger partial charge < -0.3 is 16.0 Å². The van der Waals surface area contributed by atoms with E-state index in [0.29, 0.717) is 12.6 Å². The number of likely N-dealkylation sites (tertiary alicyclic amines) is 1. The number of hydrogen-bond donors (Lipinski definition) is 2. The third-order valence-electron chi connectivity index (χ3n) is 3.24. The van der Waals surface area contributed by atoms with Gasteiger partial charge in [0.1, 0.15) is 11.6 Å². The molecule has 19 heavy (non-hydrogen) atoms. The highest BCUT2D eigenvalue weighted by Crippen LogP contribution is 2.16. The predicted molar refractivity (Wildman–Crippen MR) is 68.8 cm³/mol. The van der Waals surface area contributed by atoms with Crippen molar-refractivity contribution in [2.24, 2.45) is 0 Å². The number of hydrogen-bond acceptors (Lipinski definition) is 3. The van der Waals surface area contributed by atoms with Gasteiger partial charge in [-0.15, -0.1) is 0 Å². The van der Waals surface area contributed by atoms with Crippen LogP contribution < -0.4 is 11.1 Å². The summed E-state index contributed by atoms with van der Waals surface area (Å²) in [5.74, 6) is -2.32. The number of nitrogen functional groups attached to an aromatic ring is 1. The van der Waals surface area contributed by atoms with Gasteiger partial charge in [-0.1, -0.05) is 0 Å². The SMILES string of the molecule is Nc1cc(C(=O)NCCN2CCCC2)c(F)cc1F. The number of halogens is 2. The Morgan fingerprint density at radius 3 is 2.63 bits per heavy atom. The van der Waals surface area contributed by atoms with Crippen LogP contribution in [0, 0.1) is 11.6 Å². The van der Waals surface area contributed by atoms with Crippen LogP contribution in [0.2, 0.25) is 0 Å². The molecule has 0 aliphatic carbocycles. The average Bonchev–Trinajstić information content (AvgIpc) is 2.86. The maximum Gasteiger partial charge on any atom is 0.254 e. The first-order valence-electron chi connectivity index (χ1n) is 6.33. The standard InChI is InChI=1S/C13H17F2N3O/c14-10-8-11(15)12(16)7-9(10)13(19)17-3-6-18-4-1-2-5-18/h7-8H,1-6,16H2,(H,17,19). The molecule has 1 fully saturated rings. The number of carbonyl (C=O) groups is 1. The summed E-state index contributed by atoms with van der Waals surface area (Å²) in [6.07, 6.45) is 2.36. The molecule has 0 atom stereocenters. The van der Waals surface area contributed by atoms with Crippen LogP contribution in [0.1, 0.15) is 23.2 Å². The highest BCUT2D eigenvalue weighted by Gasteiger charge is 2.16. The second-order valence-electron chi connectivity index (χ2n) is 4.66. The van der Waals surface area contributed by atoms with E-state index in [1.54, 1.807) is 0 Å². The molecule has 1 amide bonds. The van der Waals surface area contributed by atoms with Crippen LogP contribution in [0.5, 0.6) is 0 Å². The molecule has 1 saturated heterocycles. The number of anilines is 1. The molecular weight excluding hydrogens is 252 g/mol. The lowest BCUT2D eigenvalue weighted by atomic mass is 10.1. The van der Waals surface area contributed by atoms with Gasteiger partial charge in [-0.2, -0.15) is 0 Å². The summed E-state index contributed by atoms with van der Waals surface area (Å²) in [7, 11) is 0. The zero-order chi connectivity index (χ0) is 13.8. The smallest absolute Gasteiger partial charge is 0.254 e. The molecule has 1 aliphatic rings. The third-order valence-corrected chi connectivity index (χ3v) is 3.24. The maximum absolute atomic E-state index is 13.4. The lowest BCUT2D eigenvalue weighted by molar-refractivity contribution is 0.0945. The Labute approximate surface area is 110 Å². The fourth-order valence-corrected chi connectivity index (χ4v) is 2.17. The van der Waals surface area contributed by atoms with Crippen molar-refractivity contribution in [2.45, 2.75) is 12.8 Å². The van der Waals surface area contributed by atoms with E-state index in [4.69, 9.17) is 5.73 Å². The van der Waals surface area contributed by atoms with Crippen molar-refractivity contribution in [1.82, 2.24) is 10.2 Å². The van der Waals surface area contributed by atoms with E-state index in [1.807, 2.05) is 0 Å². The van der Waals surface area contributed by atoms with Gasteiger partial charge in [0.05, 0.1) is 11.3 Å². The minimum absolute atomic E-state index is 0.222. The molecule has 2 rings (SSSR count). The molecular formula is C13H17F2N3O. The van der Waals surface area contributed by atoms with Gasteiger partial charge in [-0.3, -0.25) is 4.79 Å². The quantitative estimate of drug-likeness (QED) is 0.812. The van der Waals surface area contributed by atoms with Gasteiger partial charge in [0.25, 0.3) is 5.91 Å². The Balaban J connectivity index is 1.90. The van der Waals surface area contributed by atoms with Crippen LogP contribution >= 0.6 is 0 Å². The van der Waals surface area contributed by atoms with Gasteiger partial charge in [0, 0.05) is 19.2 Å². The lowest BCUT2D eigenvalue weighted by Gasteiger charge is -2.15. The summed E-state index contributed by atoms with van der Waals surface area (Å²) >= 11 is 0. The van der Waals surface area contributed by atoms with E-state index in [1.165, 1.54) is 12.8 Å². The molecule has 1 aliphatic heterocycles. The summed E-state index contributed by atoms with van der Waals surface area (Å²) in [4.78, 5) is 14.0. The Hall–Kier alpha value is -1.69. The largest absolute Gasteiger partial charge is 0.396 e. The van der Waals surface area contributed by atoms with E-state index in [-0.39, 0.29) is 11.3 Å². The van der Waals surface area contributed by atoms with Crippen molar-refractivity contribution < 1.29 is 13.6 Å². The Kier molecular flexibility index (Phi) is 4.31. The number of carbonyl (C=O) groups excluding carboxylic acids is 1. The van der Waals surface area contributed by atoms with Crippen LogP contribution in [0.25, 0.3) is 0 Å². The van der Waals surface area contributed by atoms with Crippen molar-refractivity contribution in [3.8, 4) is 0 Å². The molecule has 0 spiro atoms. The summed E-state index contributed by atoms with van der Waals surface area (Å²) in [5.41, 5.74) is 4.87. The topological polar surface area (TPSA) is 58.4 Å². The predicted octanol–water partition coefficient (Wildman–Crippen LogP) is 1.37. The van der Waals surface area contributed by atoms with Gasteiger partial charge in [-0.05, 0) is 32.0 Å². The fraction of sp³-hybridized carbons (Fsp3) is 0.462. The summed E-state index contributed by atoms with van der Waals surface area (Å²) in [6.45, 7) is 3.25. The molecule has 1 aromatic rings. The minimum atomic E-state index is -0.898. The molecule has 0 radical (unpaired) electrons. The second kappa shape index (κ2) is 5.97. The molecule has 104 valence electrons. The van der Waals surface area contributed by atoms with Gasteiger partial charge in [0.2, 0.25) is 0 Å². The van der Waals surface area contributed by atoms with Gasteiger partial charge in [0.15, 0.2) is 0 Å². The number of nitrogens with one attached hydrogen (secondary N) is 1. The second-order valence-corrected chi connectivity index (χ2v) is 4.66. The zero-order valence-corrected chi connectivity index (χ0v) is 10.6. The van der Waals surface area contributed by atoms with Crippen LogP contribution in [0.4, 0.5) is 14.5 Å². The van der Waals surface area contributed by atoms with Crippen LogP contribution in [0.15, 0.2) is 12.1 Å². The van der Waals surface area contributed by atoms with Crippen LogP contribution in [-0.4, -0.2) is 37.0 Å². The molecule has 0 unspecified atom stereocenters. The lowest BCUT2D eigenvalue weighted by Crippen LogP contribution is -2.33. The third kappa shape index (κ3) is 3.41. The number of nitrogens with zero attached hydrogens (tertiary/aromatic N) is 1. The van der Waals surface area contributed by atoms with Crippen molar-refractivity contribution >= 4 is 11.6 Å². The molecule has 3 N–H and O–H groups in total. The Morgan fingerprint density at radius 2 is 1.95 bits per heavy atom. The average molecular weight is 269 g/mol. The monoisotopic (exact) mass is 269 g/mol. The normalized spacial score (nSPS) is 15.7. The van der Waals surface area contributed by atoms with Crippen molar-refractivity contribution in [1.29, 1.82) is 0 Å². The molecule has 1 heterocycles. The van der Waals surface area contributed by atoms with Crippen molar-refractivity contribution in [3.63, 3.8) is 0 Å². The summed E-state index contributed by atoms with van der Waals surface area (Å²) in [6, 6.07) is 1.65. The first-order chi connectivity index (χ1) is 9.08. The summed E-state index contributed by atoms with van der Waals surface area (Å²) < 4.78 is 26.4. The molecule has 1 aromatic carbocycles. The van der Waals surface area contributed by atoms with Gasteiger partial charge >= 0.3 is 0 Å². The van der Waals surface area contributed by atoms with E-state index in [2.05, 4.69) is 10.2 Å². The molecule has 0 aromatic heterocycles. The number of amides is 1. The highest BCUT2D eigenvalue weighted by atomic mass is 19.1. The molecule has 4 nitrogen and oxygen atoms in total. The van der Waals surface area contributed by atoms with E-state index in [9.17, 15) is 13.6 Å². The minimum Gasteiger partial charge on any atom is -0.396 e. The summed E-state index contributed by atoms with van der Waals surface area (Å²) in [5, 5.41) is 2.61.